The summed E-state index contributed by atoms with van der Waals surface area (Å²) in [5, 5.41) is 0. The van der Waals surface area contributed by atoms with Gasteiger partial charge in [0.05, 0.1) is 11.0 Å². The highest BCUT2D eigenvalue weighted by molar-refractivity contribution is 6.07. The van der Waals surface area contributed by atoms with Crippen molar-refractivity contribution < 1.29 is 4.79 Å². The van der Waals surface area contributed by atoms with Gasteiger partial charge >= 0.3 is 0 Å². The molecule has 1 N–H and O–H groups in total. The van der Waals surface area contributed by atoms with E-state index < -0.39 is 0 Å². The smallest absolute Gasteiger partial charge is 0.273 e. The van der Waals surface area contributed by atoms with Gasteiger partial charge in [-0.2, -0.15) is 0 Å². The molecule has 24 heavy (non-hydrogen) atoms. The fourth-order valence-electron chi connectivity index (χ4n) is 3.48. The summed E-state index contributed by atoms with van der Waals surface area (Å²) >= 11 is 0. The Morgan fingerprint density at radius 1 is 1.00 bits per heavy atom. The van der Waals surface area contributed by atoms with E-state index in [1.165, 1.54) is 0 Å². The molecule has 0 spiro atoms. The lowest BCUT2D eigenvalue weighted by Gasteiger charge is -2.05. The number of fused-ring (bicyclic) bond motifs is 3. The minimum Gasteiger partial charge on any atom is -0.319 e. The summed E-state index contributed by atoms with van der Waals surface area (Å²) in [6, 6.07) is 17.2. The van der Waals surface area contributed by atoms with Crippen LogP contribution in [-0.4, -0.2) is 15.2 Å². The number of Topliss-reactive ketones (excluding diaryl/α,β-unsaturated/α-hetero) is 1. The molecule has 0 atom stereocenters. The molecule has 0 fully saturated rings. The van der Waals surface area contributed by atoms with Crippen LogP contribution in [0.1, 0.15) is 23.0 Å². The maximum absolute atomic E-state index is 12.8. The third-order valence-corrected chi connectivity index (χ3v) is 4.43. The summed E-state index contributed by atoms with van der Waals surface area (Å²) in [7, 11) is 0. The number of nitrogens with zero attached hydrogens (tertiary/aromatic N) is 1. The Bertz CT molecular complexity index is 1150. The molecule has 0 saturated carbocycles. The Morgan fingerprint density at radius 3 is 2.38 bits per heavy atom. The van der Waals surface area contributed by atoms with Gasteiger partial charge in [0, 0.05) is 16.8 Å². The lowest BCUT2D eigenvalue weighted by Crippen LogP contribution is -2.11. The molecule has 0 radical (unpaired) electrons. The zero-order chi connectivity index (χ0) is 16.8. The largest absolute Gasteiger partial charge is 0.319 e. The molecular weight excluding hydrogens is 300 g/mol. The maximum Gasteiger partial charge on any atom is 0.273 e. The molecule has 2 aromatic carbocycles. The number of aromatic amines is 1. The minimum absolute atomic E-state index is 0.0430. The number of H-pyrrole nitrogens is 1. The van der Waals surface area contributed by atoms with E-state index in [2.05, 4.69) is 4.98 Å². The number of nitrogens with one attached hydrogen (secondary N) is 1. The highest BCUT2D eigenvalue weighted by Crippen LogP contribution is 2.33. The van der Waals surface area contributed by atoms with Gasteiger partial charge in [0.1, 0.15) is 5.52 Å². The molecule has 4 aromatic rings. The summed E-state index contributed by atoms with van der Waals surface area (Å²) in [6.45, 7) is 3.44. The highest BCUT2D eigenvalue weighted by Gasteiger charge is 2.23. The lowest BCUT2D eigenvalue weighted by atomic mass is 9.99. The van der Waals surface area contributed by atoms with Crippen LogP contribution in [0.5, 0.6) is 0 Å². The van der Waals surface area contributed by atoms with Gasteiger partial charge in [0.25, 0.3) is 5.56 Å². The zero-order valence-corrected chi connectivity index (χ0v) is 13.5. The Hall–Kier alpha value is -3.14. The van der Waals surface area contributed by atoms with Crippen molar-refractivity contribution in [1.82, 2.24) is 9.38 Å². The van der Waals surface area contributed by atoms with E-state index in [1.807, 2.05) is 65.9 Å². The molecule has 0 amide bonds. The Morgan fingerprint density at radius 2 is 1.67 bits per heavy atom. The number of hydrogen-bond acceptors (Lipinski definition) is 2. The van der Waals surface area contributed by atoms with Gasteiger partial charge < -0.3 is 9.38 Å². The zero-order valence-electron chi connectivity index (χ0n) is 13.5. The molecule has 0 saturated heterocycles. The minimum atomic E-state index is -0.192. The first kappa shape index (κ1) is 14.5. The number of carbonyl (C=O) groups is 1. The van der Waals surface area contributed by atoms with Crippen LogP contribution in [-0.2, 0) is 0 Å². The van der Waals surface area contributed by atoms with E-state index in [9.17, 15) is 9.59 Å². The summed E-state index contributed by atoms with van der Waals surface area (Å²) in [4.78, 5) is 28.1. The molecule has 4 rings (SSSR count). The van der Waals surface area contributed by atoms with Crippen molar-refractivity contribution in [3.05, 3.63) is 76.2 Å². The Labute approximate surface area is 138 Å². The van der Waals surface area contributed by atoms with Crippen LogP contribution >= 0.6 is 0 Å². The van der Waals surface area contributed by atoms with Gasteiger partial charge in [-0.05, 0) is 31.5 Å². The van der Waals surface area contributed by atoms with E-state index in [-0.39, 0.29) is 11.3 Å². The standard InChI is InChI=1S/C20H16N2O2/c1-12-17(13(2)23)18(14-8-4-3-5-9-14)19-20(24)21-15-10-6-7-11-16(15)22(12)19/h3-11H,1-2H3,(H,21,24). The van der Waals surface area contributed by atoms with Gasteiger partial charge in [-0.15, -0.1) is 0 Å². The predicted molar refractivity (Wildman–Crippen MR) is 95.7 cm³/mol. The number of aromatic nitrogens is 2. The molecule has 2 aromatic heterocycles. The highest BCUT2D eigenvalue weighted by atomic mass is 16.1. The number of para-hydroxylation sites is 2. The van der Waals surface area contributed by atoms with E-state index in [0.717, 1.165) is 22.3 Å². The number of hydrogen-bond donors (Lipinski definition) is 1. The number of carbonyl (C=O) groups excluding carboxylic acids is 1. The van der Waals surface area contributed by atoms with Crippen LogP contribution in [0.25, 0.3) is 27.7 Å². The Kier molecular flexibility index (Phi) is 3.13. The summed E-state index contributed by atoms with van der Waals surface area (Å²) < 4.78 is 1.90. The van der Waals surface area contributed by atoms with Gasteiger partial charge in [-0.25, -0.2) is 0 Å². The van der Waals surface area contributed by atoms with Crippen molar-refractivity contribution in [1.29, 1.82) is 0 Å². The van der Waals surface area contributed by atoms with Crippen LogP contribution in [0, 0.1) is 6.92 Å². The molecule has 4 heteroatoms. The van der Waals surface area contributed by atoms with Crippen LogP contribution in [0.3, 0.4) is 0 Å². The average molecular weight is 316 g/mol. The first-order valence-corrected chi connectivity index (χ1v) is 7.82. The predicted octanol–water partition coefficient (Wildman–Crippen LogP) is 3.96. The van der Waals surface area contributed by atoms with E-state index in [4.69, 9.17) is 0 Å². The number of ketones is 1. The van der Waals surface area contributed by atoms with Crippen LogP contribution in [0.15, 0.2) is 59.4 Å². The summed E-state index contributed by atoms with van der Waals surface area (Å²) in [5.74, 6) is -0.0430. The molecule has 0 aliphatic carbocycles. The van der Waals surface area contributed by atoms with Crippen molar-refractivity contribution in [2.45, 2.75) is 13.8 Å². The van der Waals surface area contributed by atoms with Crippen molar-refractivity contribution in [3.8, 4) is 11.1 Å². The molecule has 2 heterocycles. The molecule has 0 unspecified atom stereocenters. The second-order valence-corrected chi connectivity index (χ2v) is 5.91. The number of rotatable bonds is 2. The second kappa shape index (κ2) is 5.20. The first-order chi connectivity index (χ1) is 11.6. The van der Waals surface area contributed by atoms with Gasteiger partial charge in [-0.1, -0.05) is 42.5 Å². The maximum atomic E-state index is 12.8. The van der Waals surface area contributed by atoms with Crippen molar-refractivity contribution in [2.24, 2.45) is 0 Å². The van der Waals surface area contributed by atoms with Gasteiger partial charge in [0.15, 0.2) is 5.78 Å². The molecule has 4 nitrogen and oxygen atoms in total. The summed E-state index contributed by atoms with van der Waals surface area (Å²) in [6.07, 6.45) is 0. The molecule has 0 bridgehead atoms. The van der Waals surface area contributed by atoms with Crippen molar-refractivity contribution in [3.63, 3.8) is 0 Å². The average Bonchev–Trinajstić information content (AvgIpc) is 2.90. The fraction of sp³-hybridized carbons (Fsp3) is 0.100. The van der Waals surface area contributed by atoms with Crippen LogP contribution in [0.2, 0.25) is 0 Å². The molecule has 0 aliphatic heterocycles. The number of benzene rings is 2. The number of aryl methyl sites for hydroxylation is 1. The third-order valence-electron chi connectivity index (χ3n) is 4.43. The van der Waals surface area contributed by atoms with Crippen LogP contribution < -0.4 is 5.56 Å². The van der Waals surface area contributed by atoms with E-state index >= 15 is 0 Å². The van der Waals surface area contributed by atoms with Crippen molar-refractivity contribution in [2.75, 3.05) is 0 Å². The molecule has 0 aliphatic rings. The quantitative estimate of drug-likeness (QED) is 0.569. The molecular formula is C20H16N2O2. The van der Waals surface area contributed by atoms with Gasteiger partial charge in [0.2, 0.25) is 0 Å². The molecule has 118 valence electrons. The third kappa shape index (κ3) is 1.93. The second-order valence-electron chi connectivity index (χ2n) is 5.91. The Balaban J connectivity index is 2.31. The summed E-state index contributed by atoms with van der Waals surface area (Å²) in [5.41, 5.74) is 4.92. The fourth-order valence-corrected chi connectivity index (χ4v) is 3.48. The monoisotopic (exact) mass is 316 g/mol. The normalized spacial score (nSPS) is 11.2. The lowest BCUT2D eigenvalue weighted by molar-refractivity contribution is 0.101. The van der Waals surface area contributed by atoms with Crippen LogP contribution in [0.4, 0.5) is 0 Å². The van der Waals surface area contributed by atoms with Crippen molar-refractivity contribution >= 4 is 22.3 Å². The van der Waals surface area contributed by atoms with E-state index in [1.54, 1.807) is 6.92 Å². The van der Waals surface area contributed by atoms with Gasteiger partial charge in [-0.3, -0.25) is 9.59 Å². The SMILES string of the molecule is CC(=O)c1c(-c2ccccc2)c2c(=O)[nH]c3ccccc3n2c1C. The first-order valence-electron chi connectivity index (χ1n) is 7.82. The topological polar surface area (TPSA) is 54.3 Å². The van der Waals surface area contributed by atoms with E-state index in [0.29, 0.717) is 16.6 Å².